The molecule has 1 N–H and O–H groups in total. The predicted octanol–water partition coefficient (Wildman–Crippen LogP) is 4.78. The van der Waals surface area contributed by atoms with Crippen molar-refractivity contribution in [3.63, 3.8) is 0 Å². The average Bonchev–Trinajstić information content (AvgIpc) is 3.30. The standard InChI is InChI=1S/C17H9ClF3N5OS/c18-13-14(16(27)23-9-3-5-22-6-4-9)25-26-12(17(19,20)21)8-10(24-15(13)26)11-2-1-7-28-11/h1-8H,(H,22,23,27). The summed E-state index contributed by atoms with van der Waals surface area (Å²) in [5.41, 5.74) is -1.19. The summed E-state index contributed by atoms with van der Waals surface area (Å²) >= 11 is 7.43. The number of amides is 1. The molecular weight excluding hydrogens is 415 g/mol. The smallest absolute Gasteiger partial charge is 0.320 e. The number of thiophene rings is 1. The molecule has 0 saturated carbocycles. The van der Waals surface area contributed by atoms with Gasteiger partial charge >= 0.3 is 6.18 Å². The first-order chi connectivity index (χ1) is 13.3. The number of nitrogens with one attached hydrogen (secondary N) is 1. The van der Waals surface area contributed by atoms with E-state index < -0.39 is 17.8 Å². The minimum atomic E-state index is -4.72. The summed E-state index contributed by atoms with van der Waals surface area (Å²) in [6.45, 7) is 0. The number of carbonyl (C=O) groups excluding carboxylic acids is 1. The van der Waals surface area contributed by atoms with Gasteiger partial charge in [-0.3, -0.25) is 9.78 Å². The molecule has 6 nitrogen and oxygen atoms in total. The molecule has 4 aromatic heterocycles. The second-order valence-electron chi connectivity index (χ2n) is 5.59. The van der Waals surface area contributed by atoms with E-state index in [1.54, 1.807) is 17.5 Å². The van der Waals surface area contributed by atoms with E-state index in [0.29, 0.717) is 15.1 Å². The summed E-state index contributed by atoms with van der Waals surface area (Å²) in [7, 11) is 0. The summed E-state index contributed by atoms with van der Waals surface area (Å²) in [5, 5.41) is 7.74. The fraction of sp³-hybridized carbons (Fsp3) is 0.0588. The fourth-order valence-electron chi connectivity index (χ4n) is 2.51. The van der Waals surface area contributed by atoms with Crippen molar-refractivity contribution < 1.29 is 18.0 Å². The maximum absolute atomic E-state index is 13.6. The van der Waals surface area contributed by atoms with E-state index in [-0.39, 0.29) is 22.1 Å². The highest BCUT2D eigenvalue weighted by Gasteiger charge is 2.36. The van der Waals surface area contributed by atoms with E-state index in [4.69, 9.17) is 11.6 Å². The largest absolute Gasteiger partial charge is 0.433 e. The van der Waals surface area contributed by atoms with Gasteiger partial charge in [0.05, 0.1) is 10.6 Å². The van der Waals surface area contributed by atoms with Gasteiger partial charge in [-0.2, -0.15) is 18.3 Å². The van der Waals surface area contributed by atoms with Crippen LogP contribution in [0.2, 0.25) is 5.02 Å². The number of rotatable bonds is 3. The number of hydrogen-bond donors (Lipinski definition) is 1. The number of hydrogen-bond acceptors (Lipinski definition) is 5. The lowest BCUT2D eigenvalue weighted by Crippen LogP contribution is -2.15. The van der Waals surface area contributed by atoms with Gasteiger partial charge < -0.3 is 5.32 Å². The zero-order valence-electron chi connectivity index (χ0n) is 13.7. The average molecular weight is 424 g/mol. The number of anilines is 1. The van der Waals surface area contributed by atoms with Crippen molar-refractivity contribution in [1.82, 2.24) is 19.6 Å². The van der Waals surface area contributed by atoms with Gasteiger partial charge in [0.2, 0.25) is 0 Å². The Morgan fingerprint density at radius 1 is 1.21 bits per heavy atom. The van der Waals surface area contributed by atoms with Gasteiger partial charge in [0, 0.05) is 18.1 Å². The summed E-state index contributed by atoms with van der Waals surface area (Å²) < 4.78 is 41.3. The maximum atomic E-state index is 13.6. The van der Waals surface area contributed by atoms with Gasteiger partial charge in [0.15, 0.2) is 17.0 Å². The van der Waals surface area contributed by atoms with Gasteiger partial charge in [0.25, 0.3) is 5.91 Å². The Morgan fingerprint density at radius 3 is 2.61 bits per heavy atom. The number of alkyl halides is 3. The Balaban J connectivity index is 1.86. The molecule has 11 heteroatoms. The molecule has 0 bridgehead atoms. The van der Waals surface area contributed by atoms with Crippen LogP contribution in [-0.4, -0.2) is 25.5 Å². The molecule has 0 aromatic carbocycles. The van der Waals surface area contributed by atoms with Crippen LogP contribution >= 0.6 is 22.9 Å². The lowest BCUT2D eigenvalue weighted by Gasteiger charge is -2.10. The van der Waals surface area contributed by atoms with E-state index in [1.807, 2.05) is 0 Å². The molecule has 28 heavy (non-hydrogen) atoms. The maximum Gasteiger partial charge on any atom is 0.433 e. The summed E-state index contributed by atoms with van der Waals surface area (Å²) in [6, 6.07) is 7.27. The lowest BCUT2D eigenvalue weighted by atomic mass is 10.2. The van der Waals surface area contributed by atoms with Crippen LogP contribution in [0.15, 0.2) is 48.1 Å². The minimum absolute atomic E-state index is 0.0951. The Labute approximate surface area is 164 Å². The molecular formula is C17H9ClF3N5OS. The molecule has 0 aliphatic heterocycles. The number of pyridine rings is 1. The van der Waals surface area contributed by atoms with Gasteiger partial charge in [0.1, 0.15) is 5.02 Å². The molecule has 0 atom stereocenters. The highest BCUT2D eigenvalue weighted by atomic mass is 35.5. The van der Waals surface area contributed by atoms with Gasteiger partial charge in [-0.15, -0.1) is 11.3 Å². The van der Waals surface area contributed by atoms with Crippen LogP contribution in [0.1, 0.15) is 16.2 Å². The molecule has 0 saturated heterocycles. The molecule has 0 radical (unpaired) electrons. The van der Waals surface area contributed by atoms with Crippen LogP contribution in [-0.2, 0) is 6.18 Å². The third-order valence-electron chi connectivity index (χ3n) is 3.75. The van der Waals surface area contributed by atoms with Crippen LogP contribution in [0.25, 0.3) is 16.2 Å². The van der Waals surface area contributed by atoms with Crippen LogP contribution in [0.3, 0.4) is 0 Å². The van der Waals surface area contributed by atoms with Crippen LogP contribution in [0.5, 0.6) is 0 Å². The third-order valence-corrected chi connectivity index (χ3v) is 4.99. The van der Waals surface area contributed by atoms with Gasteiger partial charge in [-0.05, 0) is 29.6 Å². The van der Waals surface area contributed by atoms with E-state index in [0.717, 1.165) is 6.07 Å². The van der Waals surface area contributed by atoms with Crippen LogP contribution in [0.4, 0.5) is 18.9 Å². The number of aromatic nitrogens is 4. The molecule has 4 rings (SSSR count). The quantitative estimate of drug-likeness (QED) is 0.515. The van der Waals surface area contributed by atoms with E-state index >= 15 is 0 Å². The van der Waals surface area contributed by atoms with E-state index in [2.05, 4.69) is 20.4 Å². The van der Waals surface area contributed by atoms with Gasteiger partial charge in [-0.25, -0.2) is 9.50 Å². The van der Waals surface area contributed by atoms with Crippen molar-refractivity contribution in [2.45, 2.75) is 6.18 Å². The van der Waals surface area contributed by atoms with Crippen molar-refractivity contribution >= 4 is 40.2 Å². The van der Waals surface area contributed by atoms with Crippen molar-refractivity contribution in [3.8, 4) is 10.6 Å². The monoisotopic (exact) mass is 423 g/mol. The first-order valence-electron chi connectivity index (χ1n) is 7.76. The second-order valence-corrected chi connectivity index (χ2v) is 6.92. The number of halogens is 4. The molecule has 4 aromatic rings. The van der Waals surface area contributed by atoms with Crippen molar-refractivity contribution in [2.75, 3.05) is 5.32 Å². The Hall–Kier alpha value is -2.98. The summed E-state index contributed by atoms with van der Waals surface area (Å²) in [5.74, 6) is -0.757. The zero-order valence-corrected chi connectivity index (χ0v) is 15.3. The van der Waals surface area contributed by atoms with Crippen molar-refractivity contribution in [1.29, 1.82) is 0 Å². The molecule has 142 valence electrons. The third kappa shape index (κ3) is 3.32. The Kier molecular flexibility index (Phi) is 4.52. The number of nitrogens with zero attached hydrogens (tertiary/aromatic N) is 4. The van der Waals surface area contributed by atoms with E-state index in [9.17, 15) is 18.0 Å². The normalized spacial score (nSPS) is 11.7. The summed E-state index contributed by atoms with van der Waals surface area (Å²) in [4.78, 5) is 21.0. The molecule has 0 fully saturated rings. The molecule has 4 heterocycles. The lowest BCUT2D eigenvalue weighted by molar-refractivity contribution is -0.142. The highest BCUT2D eigenvalue weighted by Crippen LogP contribution is 2.35. The van der Waals surface area contributed by atoms with Crippen molar-refractivity contribution in [3.05, 3.63) is 64.5 Å². The summed E-state index contributed by atoms with van der Waals surface area (Å²) in [6.07, 6.45) is -1.81. The fourth-order valence-corrected chi connectivity index (χ4v) is 3.45. The molecule has 0 aliphatic carbocycles. The highest BCUT2D eigenvalue weighted by molar-refractivity contribution is 7.13. The SMILES string of the molecule is O=C(Nc1ccncc1)c1nn2c(C(F)(F)F)cc(-c3cccs3)nc2c1Cl. The first kappa shape index (κ1) is 18.4. The zero-order chi connectivity index (χ0) is 19.9. The van der Waals surface area contributed by atoms with Gasteiger partial charge in [-0.1, -0.05) is 17.7 Å². The molecule has 0 unspecified atom stereocenters. The van der Waals surface area contributed by atoms with E-state index in [1.165, 1.54) is 35.9 Å². The molecule has 1 amide bonds. The molecule has 0 aliphatic rings. The van der Waals surface area contributed by atoms with Crippen LogP contribution < -0.4 is 5.32 Å². The molecule has 0 spiro atoms. The second kappa shape index (κ2) is 6.88. The topological polar surface area (TPSA) is 72.2 Å². The Morgan fingerprint density at radius 2 is 1.96 bits per heavy atom. The number of carbonyl (C=O) groups is 1. The van der Waals surface area contributed by atoms with Crippen molar-refractivity contribution in [2.24, 2.45) is 0 Å². The minimum Gasteiger partial charge on any atom is -0.320 e. The number of fused-ring (bicyclic) bond motifs is 1. The predicted molar refractivity (Wildman–Crippen MR) is 98.5 cm³/mol. The van der Waals surface area contributed by atoms with Crippen LogP contribution in [0, 0.1) is 0 Å². The first-order valence-corrected chi connectivity index (χ1v) is 9.02. The Bertz CT molecular complexity index is 1160.